The highest BCUT2D eigenvalue weighted by atomic mass is 32.1. The topological polar surface area (TPSA) is 38.2 Å². The van der Waals surface area contributed by atoms with E-state index in [1.165, 1.54) is 41.5 Å². The second-order valence-corrected chi connectivity index (χ2v) is 5.71. The molecule has 2 aromatic rings. The van der Waals surface area contributed by atoms with E-state index in [-0.39, 0.29) is 0 Å². The van der Waals surface area contributed by atoms with Crippen molar-refractivity contribution >= 4 is 27.4 Å². The predicted molar refractivity (Wildman–Crippen MR) is 74.1 cm³/mol. The quantitative estimate of drug-likeness (QED) is 0.617. The minimum absolute atomic E-state index is 0.891. The smallest absolute Gasteiger partial charge is 0.164 e. The highest BCUT2D eigenvalue weighted by Crippen LogP contribution is 2.38. The van der Waals surface area contributed by atoms with E-state index < -0.39 is 0 Å². The van der Waals surface area contributed by atoms with Crippen molar-refractivity contribution in [1.29, 1.82) is 0 Å². The Kier molecular flexibility index (Phi) is 3.18. The first-order valence-corrected chi connectivity index (χ1v) is 7.16. The monoisotopic (exact) mass is 263 g/mol. The van der Waals surface area contributed by atoms with Crippen LogP contribution in [0.1, 0.15) is 29.7 Å². The maximum Gasteiger partial charge on any atom is 0.164 e. The minimum Gasteiger partial charge on any atom is -0.276 e. The third kappa shape index (κ3) is 1.87. The Hall–Kier alpha value is -1.20. The summed E-state index contributed by atoms with van der Waals surface area (Å²) >= 11 is 1.82. The van der Waals surface area contributed by atoms with Gasteiger partial charge in [-0.25, -0.2) is 15.0 Å². The number of anilines is 1. The van der Waals surface area contributed by atoms with Crippen LogP contribution in [0.15, 0.2) is 6.33 Å². The van der Waals surface area contributed by atoms with Crippen LogP contribution >= 0.6 is 11.3 Å². The number of fused-ring (bicyclic) bond motifs is 3. The van der Waals surface area contributed by atoms with Crippen LogP contribution in [0.4, 0.5) is 5.82 Å². The zero-order chi connectivity index (χ0) is 12.5. The van der Waals surface area contributed by atoms with Gasteiger partial charge in [-0.05, 0) is 31.2 Å². The van der Waals surface area contributed by atoms with Crippen LogP contribution in [0.3, 0.4) is 0 Å². The van der Waals surface area contributed by atoms with Crippen LogP contribution in [0.2, 0.25) is 0 Å². The lowest BCUT2D eigenvalue weighted by molar-refractivity contribution is 0.183. The van der Waals surface area contributed by atoms with Gasteiger partial charge in [0.1, 0.15) is 11.2 Å². The number of hydrogen-bond donors (Lipinski definition) is 0. The summed E-state index contributed by atoms with van der Waals surface area (Å²) in [6.07, 6.45) is 7.85. The van der Waals surface area contributed by atoms with Gasteiger partial charge < -0.3 is 0 Å². The van der Waals surface area contributed by atoms with Gasteiger partial charge in [-0.3, -0.25) is 4.84 Å². The standard InChI is InChI=1S/C13H17N3OS/c1-16(17-2)12-11-9-6-4-3-5-7-10(9)18-13(11)15-8-14-12/h8H,3-7H2,1-2H3. The number of hydrogen-bond acceptors (Lipinski definition) is 5. The van der Waals surface area contributed by atoms with E-state index in [0.29, 0.717) is 0 Å². The predicted octanol–water partition coefficient (Wildman–Crippen LogP) is 2.96. The molecule has 18 heavy (non-hydrogen) atoms. The van der Waals surface area contributed by atoms with Crippen molar-refractivity contribution in [2.24, 2.45) is 0 Å². The summed E-state index contributed by atoms with van der Waals surface area (Å²) in [6.45, 7) is 0. The molecule has 0 aromatic carbocycles. The zero-order valence-corrected chi connectivity index (χ0v) is 11.6. The van der Waals surface area contributed by atoms with E-state index >= 15 is 0 Å². The molecule has 0 aliphatic heterocycles. The van der Waals surface area contributed by atoms with Gasteiger partial charge in [0.15, 0.2) is 5.82 Å². The Morgan fingerprint density at radius 1 is 1.22 bits per heavy atom. The largest absolute Gasteiger partial charge is 0.276 e. The van der Waals surface area contributed by atoms with Crippen molar-refractivity contribution in [2.45, 2.75) is 32.1 Å². The average molecular weight is 263 g/mol. The van der Waals surface area contributed by atoms with Crippen LogP contribution in [0.25, 0.3) is 10.2 Å². The molecule has 0 N–H and O–H groups in total. The first-order valence-electron chi connectivity index (χ1n) is 6.34. The molecule has 0 bridgehead atoms. The van der Waals surface area contributed by atoms with Crippen molar-refractivity contribution < 1.29 is 4.84 Å². The summed E-state index contributed by atoms with van der Waals surface area (Å²) in [5.41, 5.74) is 1.45. The number of nitrogens with zero attached hydrogens (tertiary/aromatic N) is 3. The van der Waals surface area contributed by atoms with E-state index in [2.05, 4.69) is 9.97 Å². The number of rotatable bonds is 2. The van der Waals surface area contributed by atoms with E-state index in [9.17, 15) is 0 Å². The Morgan fingerprint density at radius 2 is 2.06 bits per heavy atom. The molecule has 0 radical (unpaired) electrons. The normalized spacial score (nSPS) is 15.4. The molecule has 0 fully saturated rings. The Bertz CT molecular complexity index is 567. The Morgan fingerprint density at radius 3 is 2.89 bits per heavy atom. The van der Waals surface area contributed by atoms with Gasteiger partial charge in [0.25, 0.3) is 0 Å². The maximum atomic E-state index is 5.28. The highest BCUT2D eigenvalue weighted by Gasteiger charge is 2.20. The minimum atomic E-state index is 0.891. The molecule has 0 saturated heterocycles. The van der Waals surface area contributed by atoms with Gasteiger partial charge >= 0.3 is 0 Å². The lowest BCUT2D eigenvalue weighted by Gasteiger charge is -2.15. The van der Waals surface area contributed by atoms with Crippen molar-refractivity contribution in [1.82, 2.24) is 9.97 Å². The number of hydroxylamine groups is 1. The van der Waals surface area contributed by atoms with Crippen LogP contribution in [-0.2, 0) is 17.7 Å². The first-order chi connectivity index (χ1) is 8.81. The fraction of sp³-hybridized carbons (Fsp3) is 0.538. The van der Waals surface area contributed by atoms with E-state index in [4.69, 9.17) is 4.84 Å². The lowest BCUT2D eigenvalue weighted by atomic mass is 10.1. The molecule has 2 aromatic heterocycles. The lowest BCUT2D eigenvalue weighted by Crippen LogP contribution is -2.16. The summed E-state index contributed by atoms with van der Waals surface area (Å²) in [6, 6.07) is 0. The van der Waals surface area contributed by atoms with Crippen LogP contribution in [0.5, 0.6) is 0 Å². The van der Waals surface area contributed by atoms with Crippen LogP contribution in [0, 0.1) is 0 Å². The van der Waals surface area contributed by atoms with Crippen molar-refractivity contribution in [3.63, 3.8) is 0 Å². The molecule has 4 nitrogen and oxygen atoms in total. The number of aromatic nitrogens is 2. The SMILES string of the molecule is CON(C)c1ncnc2sc3c(c12)CCCCC3. The van der Waals surface area contributed by atoms with E-state index in [1.54, 1.807) is 18.5 Å². The van der Waals surface area contributed by atoms with Gasteiger partial charge in [-0.15, -0.1) is 11.3 Å². The molecule has 0 saturated carbocycles. The molecule has 2 heterocycles. The fourth-order valence-corrected chi connectivity index (χ4v) is 3.80. The van der Waals surface area contributed by atoms with Gasteiger partial charge in [0.05, 0.1) is 12.5 Å². The molecule has 0 spiro atoms. The van der Waals surface area contributed by atoms with E-state index in [0.717, 1.165) is 17.1 Å². The van der Waals surface area contributed by atoms with Crippen molar-refractivity contribution in [3.8, 4) is 0 Å². The molecule has 1 aliphatic rings. The Labute approximate surface area is 111 Å². The van der Waals surface area contributed by atoms with Gasteiger partial charge in [0.2, 0.25) is 0 Å². The second-order valence-electron chi connectivity index (χ2n) is 4.62. The molecule has 0 amide bonds. The maximum absolute atomic E-state index is 5.28. The van der Waals surface area contributed by atoms with Gasteiger partial charge in [0, 0.05) is 11.9 Å². The summed E-state index contributed by atoms with van der Waals surface area (Å²) in [7, 11) is 3.56. The van der Waals surface area contributed by atoms with E-state index in [1.807, 2.05) is 18.4 Å². The zero-order valence-electron chi connectivity index (χ0n) is 10.8. The van der Waals surface area contributed by atoms with Crippen molar-refractivity contribution in [3.05, 3.63) is 16.8 Å². The molecule has 1 aliphatic carbocycles. The average Bonchev–Trinajstić information content (AvgIpc) is 2.60. The molecular formula is C13H17N3OS. The molecule has 96 valence electrons. The fourth-order valence-electron chi connectivity index (χ4n) is 2.58. The summed E-state index contributed by atoms with van der Waals surface area (Å²) in [5, 5.41) is 2.92. The van der Waals surface area contributed by atoms with Gasteiger partial charge in [-0.1, -0.05) is 6.42 Å². The molecule has 0 atom stereocenters. The number of aryl methyl sites for hydroxylation is 2. The molecular weight excluding hydrogens is 246 g/mol. The van der Waals surface area contributed by atoms with Gasteiger partial charge in [-0.2, -0.15) is 0 Å². The molecule has 0 unspecified atom stereocenters. The van der Waals surface area contributed by atoms with Crippen LogP contribution in [-0.4, -0.2) is 24.1 Å². The summed E-state index contributed by atoms with van der Waals surface area (Å²) < 4.78 is 0. The van der Waals surface area contributed by atoms with Crippen molar-refractivity contribution in [2.75, 3.05) is 19.2 Å². The third-order valence-corrected chi connectivity index (χ3v) is 4.75. The summed E-state index contributed by atoms with van der Waals surface area (Å²) in [4.78, 5) is 16.7. The molecule has 3 rings (SSSR count). The highest BCUT2D eigenvalue weighted by molar-refractivity contribution is 7.18. The summed E-state index contributed by atoms with van der Waals surface area (Å²) in [5.74, 6) is 0.891. The third-order valence-electron chi connectivity index (χ3n) is 3.55. The van der Waals surface area contributed by atoms with Crippen LogP contribution < -0.4 is 5.06 Å². The Balaban J connectivity index is 2.22. The molecule has 5 heteroatoms. The first kappa shape index (κ1) is 11.9. The number of thiophene rings is 1. The second kappa shape index (κ2) is 4.82.